The molecule has 0 spiro atoms. The highest BCUT2D eigenvalue weighted by atomic mass is 16.5. The molecule has 1 fully saturated rings. The van der Waals surface area contributed by atoms with Crippen LogP contribution in [0.1, 0.15) is 96.6 Å². The molecule has 1 aromatic rings. The first-order chi connectivity index (χ1) is 16.0. The second-order valence-electron chi connectivity index (χ2n) is 11.6. The topological polar surface area (TPSA) is 49.5 Å². The number of nitrogens with zero attached hydrogens (tertiary/aromatic N) is 1. The Morgan fingerprint density at radius 3 is 2.62 bits per heavy atom. The number of phenols is 1. The molecule has 0 amide bonds. The van der Waals surface area contributed by atoms with Gasteiger partial charge in [-0.05, 0) is 82.0 Å². The van der Waals surface area contributed by atoms with E-state index in [0.717, 1.165) is 68.2 Å². The van der Waals surface area contributed by atoms with Gasteiger partial charge in [0.25, 0.3) is 0 Å². The van der Waals surface area contributed by atoms with Crippen molar-refractivity contribution in [3.05, 3.63) is 47.1 Å². The number of likely N-dealkylation sites (N-methyl/N-ethyl adjacent to an activating group) is 1. The van der Waals surface area contributed by atoms with Gasteiger partial charge in [0.2, 0.25) is 0 Å². The monoisotopic (exact) mass is 467 g/mol. The van der Waals surface area contributed by atoms with E-state index in [1.54, 1.807) is 0 Å². The molecule has 34 heavy (non-hydrogen) atoms. The van der Waals surface area contributed by atoms with Crippen molar-refractivity contribution in [2.24, 2.45) is 11.3 Å². The van der Waals surface area contributed by atoms with E-state index in [9.17, 15) is 9.90 Å². The number of hydrogen-bond donors (Lipinski definition) is 1. The number of carbonyl (C=O) groups is 1. The number of aryl methyl sites for hydroxylation is 1. The number of carbonyl (C=O) groups excluding carboxylic acids is 1. The molecule has 1 aliphatic heterocycles. The van der Waals surface area contributed by atoms with Gasteiger partial charge >= 0.3 is 5.97 Å². The summed E-state index contributed by atoms with van der Waals surface area (Å²) in [6.07, 6.45) is 9.82. The summed E-state index contributed by atoms with van der Waals surface area (Å²) >= 11 is 0. The highest BCUT2D eigenvalue weighted by Crippen LogP contribution is 2.47. The van der Waals surface area contributed by atoms with Crippen molar-refractivity contribution >= 4 is 5.97 Å². The molecule has 1 saturated heterocycles. The maximum absolute atomic E-state index is 13.2. The number of hydrogen-bond acceptors (Lipinski definition) is 4. The predicted octanol–water partition coefficient (Wildman–Crippen LogP) is 7.17. The van der Waals surface area contributed by atoms with Crippen LogP contribution in [0, 0.1) is 11.3 Å². The third-order valence-electron chi connectivity index (χ3n) is 7.59. The first kappa shape index (κ1) is 26.5. The molecule has 4 nitrogen and oxygen atoms in total. The van der Waals surface area contributed by atoms with Gasteiger partial charge in [-0.25, -0.2) is 0 Å². The van der Waals surface area contributed by atoms with E-state index in [1.807, 2.05) is 12.1 Å². The third kappa shape index (κ3) is 6.97. The summed E-state index contributed by atoms with van der Waals surface area (Å²) < 4.78 is 6.08. The quantitative estimate of drug-likeness (QED) is 0.123. The third-order valence-corrected chi connectivity index (χ3v) is 7.59. The lowest BCUT2D eigenvalue weighted by Crippen LogP contribution is -2.24. The van der Waals surface area contributed by atoms with Crippen molar-refractivity contribution < 1.29 is 14.6 Å². The van der Waals surface area contributed by atoms with E-state index in [1.165, 1.54) is 5.57 Å². The Kier molecular flexibility index (Phi) is 8.67. The predicted molar refractivity (Wildman–Crippen MR) is 140 cm³/mol. The van der Waals surface area contributed by atoms with Gasteiger partial charge in [0.05, 0.1) is 6.42 Å². The molecule has 2 unspecified atom stereocenters. The summed E-state index contributed by atoms with van der Waals surface area (Å²) in [6.45, 7) is 16.0. The Balaban J connectivity index is 1.91. The van der Waals surface area contributed by atoms with Gasteiger partial charge in [0.1, 0.15) is 11.5 Å². The van der Waals surface area contributed by atoms with Crippen LogP contribution in [-0.2, 0) is 11.2 Å². The summed E-state index contributed by atoms with van der Waals surface area (Å²) in [6, 6.07) is 4.44. The van der Waals surface area contributed by atoms with Crippen molar-refractivity contribution in [3.63, 3.8) is 0 Å². The molecule has 0 radical (unpaired) electrons. The first-order valence-electron chi connectivity index (χ1n) is 13.1. The van der Waals surface area contributed by atoms with Crippen LogP contribution in [0.25, 0.3) is 0 Å². The summed E-state index contributed by atoms with van der Waals surface area (Å²) in [4.78, 5) is 15.5. The van der Waals surface area contributed by atoms with Gasteiger partial charge < -0.3 is 14.7 Å². The Labute approximate surface area is 207 Å². The van der Waals surface area contributed by atoms with Gasteiger partial charge in [-0.15, -0.1) is 0 Å². The SMILES string of the molecule is C=C(C)[C@@H]1CCC(C)=C[C@H]1c1c(O)cc(CCCCC)cc1OC(=O)CC(C)(C)CC1CN1C. The van der Waals surface area contributed by atoms with E-state index in [2.05, 4.69) is 59.2 Å². The molecular formula is C30H45NO3. The van der Waals surface area contributed by atoms with E-state index in [0.29, 0.717) is 18.2 Å². The average Bonchev–Trinajstić information content (AvgIpc) is 3.40. The second-order valence-corrected chi connectivity index (χ2v) is 11.6. The van der Waals surface area contributed by atoms with Gasteiger partial charge in [-0.2, -0.15) is 0 Å². The molecule has 0 aromatic heterocycles. The van der Waals surface area contributed by atoms with Crippen LogP contribution in [0.15, 0.2) is 35.9 Å². The summed E-state index contributed by atoms with van der Waals surface area (Å²) in [5.41, 5.74) is 4.04. The van der Waals surface area contributed by atoms with Gasteiger partial charge in [0, 0.05) is 24.1 Å². The van der Waals surface area contributed by atoms with Crippen LogP contribution >= 0.6 is 0 Å². The highest BCUT2D eigenvalue weighted by molar-refractivity contribution is 5.74. The molecule has 0 bridgehead atoms. The van der Waals surface area contributed by atoms with Crippen LogP contribution in [-0.4, -0.2) is 35.6 Å². The Morgan fingerprint density at radius 2 is 2.00 bits per heavy atom. The Bertz CT molecular complexity index is 929. The zero-order chi connectivity index (χ0) is 25.0. The molecule has 4 atom stereocenters. The van der Waals surface area contributed by atoms with E-state index < -0.39 is 0 Å². The maximum Gasteiger partial charge on any atom is 0.311 e. The number of unbranched alkanes of at least 4 members (excludes halogenated alkanes) is 2. The molecule has 4 heteroatoms. The number of rotatable bonds is 11. The van der Waals surface area contributed by atoms with E-state index >= 15 is 0 Å². The highest BCUT2D eigenvalue weighted by Gasteiger charge is 2.37. The van der Waals surface area contributed by atoms with Gasteiger partial charge in [-0.1, -0.05) is 57.4 Å². The number of ether oxygens (including phenoxy) is 1. The molecular weight excluding hydrogens is 422 g/mol. The first-order valence-corrected chi connectivity index (χ1v) is 13.1. The normalized spacial score (nSPS) is 24.5. The van der Waals surface area contributed by atoms with Gasteiger partial charge in [0.15, 0.2) is 0 Å². The van der Waals surface area contributed by atoms with Gasteiger partial charge in [-0.3, -0.25) is 4.79 Å². The number of allylic oxidation sites excluding steroid dienone is 3. The smallest absolute Gasteiger partial charge is 0.311 e. The van der Waals surface area contributed by atoms with Crippen molar-refractivity contribution in [1.29, 1.82) is 0 Å². The molecule has 2 aliphatic rings. The van der Waals surface area contributed by atoms with Crippen LogP contribution < -0.4 is 4.74 Å². The minimum Gasteiger partial charge on any atom is -0.507 e. The standard InChI is InChI=1S/C30H45NO3/c1-8-9-10-11-22-15-26(32)29(25-14-21(4)12-13-24(25)20(2)3)27(16-22)34-28(33)18-30(5,6)17-23-19-31(23)7/h14-16,23-25,32H,2,8-13,17-19H2,1,3-7H3/t23?,24-,25+,31?/m0/s1. The second kappa shape index (κ2) is 11.1. The fraction of sp³-hybridized carbons (Fsp3) is 0.633. The van der Waals surface area contributed by atoms with Crippen LogP contribution in [0.4, 0.5) is 0 Å². The Hall–Kier alpha value is -2.07. The summed E-state index contributed by atoms with van der Waals surface area (Å²) in [7, 11) is 2.12. The fourth-order valence-corrected chi connectivity index (χ4v) is 5.48. The average molecular weight is 468 g/mol. The van der Waals surface area contributed by atoms with Crippen molar-refractivity contribution in [1.82, 2.24) is 4.90 Å². The van der Waals surface area contributed by atoms with Crippen LogP contribution in [0.5, 0.6) is 11.5 Å². The zero-order valence-corrected chi connectivity index (χ0v) is 22.2. The van der Waals surface area contributed by atoms with E-state index in [-0.39, 0.29) is 29.0 Å². The van der Waals surface area contributed by atoms with Crippen LogP contribution in [0.2, 0.25) is 0 Å². The lowest BCUT2D eigenvalue weighted by atomic mass is 9.73. The maximum atomic E-state index is 13.2. The fourth-order valence-electron chi connectivity index (χ4n) is 5.48. The number of phenolic OH excluding ortho intramolecular Hbond substituents is 1. The number of aromatic hydroxyl groups is 1. The van der Waals surface area contributed by atoms with Crippen molar-refractivity contribution in [2.45, 2.75) is 97.9 Å². The lowest BCUT2D eigenvalue weighted by molar-refractivity contribution is -0.136. The Morgan fingerprint density at radius 1 is 1.29 bits per heavy atom. The van der Waals surface area contributed by atoms with Crippen molar-refractivity contribution in [2.75, 3.05) is 13.6 Å². The molecule has 1 aliphatic carbocycles. The lowest BCUT2D eigenvalue weighted by Gasteiger charge is -2.32. The minimum atomic E-state index is -0.219. The summed E-state index contributed by atoms with van der Waals surface area (Å²) in [5, 5.41) is 11.2. The van der Waals surface area contributed by atoms with E-state index in [4.69, 9.17) is 4.74 Å². The molecule has 0 saturated carbocycles. The largest absolute Gasteiger partial charge is 0.507 e. The molecule has 188 valence electrons. The molecule has 3 rings (SSSR count). The van der Waals surface area contributed by atoms with Crippen LogP contribution in [0.3, 0.4) is 0 Å². The number of esters is 1. The summed E-state index contributed by atoms with van der Waals surface area (Å²) in [5.74, 6) is 0.727. The molecule has 1 heterocycles. The van der Waals surface area contributed by atoms with Crippen molar-refractivity contribution in [3.8, 4) is 11.5 Å². The molecule has 1 aromatic carbocycles. The zero-order valence-electron chi connectivity index (χ0n) is 22.2. The molecule has 1 N–H and O–H groups in total. The number of benzene rings is 1. The minimum absolute atomic E-state index is 0.0353.